The number of alkyl halides is 3. The van der Waals surface area contributed by atoms with Crippen molar-refractivity contribution in [2.45, 2.75) is 31.5 Å². The number of rotatable bonds is 4. The molecular formula is C13H13Br3N2O4SSe. The van der Waals surface area contributed by atoms with Crippen molar-refractivity contribution in [2.75, 3.05) is 6.61 Å². The first-order valence-electron chi connectivity index (χ1n) is 6.77. The van der Waals surface area contributed by atoms with Crippen LogP contribution in [0.1, 0.15) is 24.6 Å². The van der Waals surface area contributed by atoms with E-state index >= 15 is 0 Å². The molecule has 0 amide bonds. The van der Waals surface area contributed by atoms with Gasteiger partial charge in [-0.3, -0.25) is 0 Å². The first kappa shape index (κ1) is 20.8. The first-order valence-corrected chi connectivity index (χ1v) is 11.6. The van der Waals surface area contributed by atoms with Crippen molar-refractivity contribution in [2.24, 2.45) is 0 Å². The Morgan fingerprint density at radius 2 is 2.21 bits per heavy atom. The quantitative estimate of drug-likeness (QED) is 0.180. The van der Waals surface area contributed by atoms with Gasteiger partial charge in [0.15, 0.2) is 0 Å². The van der Waals surface area contributed by atoms with E-state index in [1.165, 1.54) is 10.8 Å². The van der Waals surface area contributed by atoms with Crippen LogP contribution in [0.3, 0.4) is 0 Å². The Labute approximate surface area is 175 Å². The Kier molecular flexibility index (Phi) is 8.15. The van der Waals surface area contributed by atoms with E-state index in [0.29, 0.717) is 18.3 Å². The molecule has 1 aliphatic rings. The van der Waals surface area contributed by atoms with Crippen LogP contribution in [0.4, 0.5) is 0 Å². The molecule has 0 aromatic carbocycles. The van der Waals surface area contributed by atoms with Gasteiger partial charge in [-0.15, -0.1) is 0 Å². The molecule has 1 fully saturated rings. The summed E-state index contributed by atoms with van der Waals surface area (Å²) in [6, 6.07) is 0. The molecule has 0 aliphatic carbocycles. The van der Waals surface area contributed by atoms with Gasteiger partial charge < -0.3 is 0 Å². The van der Waals surface area contributed by atoms with Gasteiger partial charge in [-0.2, -0.15) is 0 Å². The standard InChI is InChI=1S/C13H13Br3N2O4SSe/c14-13(15,16)24-5-1-2-8-6-18(12(20)17-11(8)19)10-4-3-9(22-10)7-21-23/h6,9-10,23H,3-5,7H2,(H,17,19,20). The van der Waals surface area contributed by atoms with E-state index in [4.69, 9.17) is 8.92 Å². The number of nitrogens with zero attached hydrogens (tertiary/aromatic N) is 1. The van der Waals surface area contributed by atoms with E-state index in [1.54, 1.807) is 0 Å². The van der Waals surface area contributed by atoms with E-state index < -0.39 is 17.5 Å². The summed E-state index contributed by atoms with van der Waals surface area (Å²) in [5, 5.41) is 0.620. The second kappa shape index (κ2) is 9.42. The number of aromatic amines is 1. The molecule has 2 atom stereocenters. The Bertz CT molecular complexity index is 753. The van der Waals surface area contributed by atoms with E-state index in [9.17, 15) is 9.59 Å². The molecule has 0 spiro atoms. The number of nitrogens with one attached hydrogen (secondary N) is 1. The number of halogens is 3. The second-order valence-corrected chi connectivity index (χ2v) is 17.9. The summed E-state index contributed by atoms with van der Waals surface area (Å²) < 4.78 is 11.6. The van der Waals surface area contributed by atoms with E-state index in [1.807, 2.05) is 0 Å². The maximum absolute atomic E-state index is 12.0. The van der Waals surface area contributed by atoms with Crippen molar-refractivity contribution in [1.29, 1.82) is 0 Å². The van der Waals surface area contributed by atoms with Gasteiger partial charge >= 0.3 is 177 Å². The van der Waals surface area contributed by atoms with Gasteiger partial charge in [0.25, 0.3) is 0 Å². The molecule has 0 saturated carbocycles. The molecule has 0 radical (unpaired) electrons. The average molecular weight is 612 g/mol. The molecule has 1 aromatic heterocycles. The van der Waals surface area contributed by atoms with Gasteiger partial charge in [0, 0.05) is 0 Å². The van der Waals surface area contributed by atoms with Crippen LogP contribution >= 0.6 is 60.7 Å². The molecule has 1 N–H and O–H groups in total. The molecule has 2 rings (SSSR count). The van der Waals surface area contributed by atoms with Gasteiger partial charge in [0.2, 0.25) is 0 Å². The molecule has 1 saturated heterocycles. The summed E-state index contributed by atoms with van der Waals surface area (Å²) in [5.74, 6) is 5.77. The third-order valence-electron chi connectivity index (χ3n) is 3.15. The van der Waals surface area contributed by atoms with Gasteiger partial charge in [0.1, 0.15) is 0 Å². The molecule has 24 heavy (non-hydrogen) atoms. The molecule has 1 aromatic rings. The number of thiol groups is 1. The van der Waals surface area contributed by atoms with Crippen LogP contribution in [0.15, 0.2) is 15.8 Å². The van der Waals surface area contributed by atoms with Crippen LogP contribution in [0.25, 0.3) is 0 Å². The maximum atomic E-state index is 12.0. The van der Waals surface area contributed by atoms with Gasteiger partial charge in [-0.1, -0.05) is 0 Å². The van der Waals surface area contributed by atoms with Crippen molar-refractivity contribution < 1.29 is 8.92 Å². The Balaban J connectivity index is 2.16. The summed E-state index contributed by atoms with van der Waals surface area (Å²) >= 11 is 14.1. The third-order valence-corrected chi connectivity index (χ3v) is 8.16. The predicted octanol–water partition coefficient (Wildman–Crippen LogP) is 2.35. The van der Waals surface area contributed by atoms with Gasteiger partial charge in [0.05, 0.1) is 0 Å². The van der Waals surface area contributed by atoms with Crippen molar-refractivity contribution >= 4 is 75.7 Å². The summed E-state index contributed by atoms with van der Waals surface area (Å²) in [6.07, 6.45) is 2.31. The Morgan fingerprint density at radius 1 is 1.46 bits per heavy atom. The van der Waals surface area contributed by atoms with Crippen LogP contribution in [0.2, 0.25) is 5.32 Å². The number of ether oxygens (including phenoxy) is 1. The number of H-pyrrole nitrogens is 1. The monoisotopic (exact) mass is 610 g/mol. The zero-order valence-corrected chi connectivity index (χ0v) is 19.5. The van der Waals surface area contributed by atoms with E-state index in [2.05, 4.69) is 77.5 Å². The van der Waals surface area contributed by atoms with E-state index in [-0.39, 0.29) is 27.7 Å². The summed E-state index contributed by atoms with van der Waals surface area (Å²) in [6.45, 7) is 0.347. The van der Waals surface area contributed by atoms with Crippen molar-refractivity contribution in [3.63, 3.8) is 0 Å². The van der Waals surface area contributed by atoms with Crippen molar-refractivity contribution in [3.8, 4) is 11.8 Å². The zero-order valence-electron chi connectivity index (χ0n) is 12.1. The molecule has 2 heterocycles. The molecule has 6 nitrogen and oxygen atoms in total. The van der Waals surface area contributed by atoms with Crippen LogP contribution in [0.5, 0.6) is 0 Å². The fourth-order valence-electron chi connectivity index (χ4n) is 2.13. The van der Waals surface area contributed by atoms with E-state index in [0.717, 1.165) is 6.42 Å². The number of hydrogen-bond acceptors (Lipinski definition) is 5. The van der Waals surface area contributed by atoms with Crippen molar-refractivity contribution in [3.05, 3.63) is 32.6 Å². The fraction of sp³-hybridized carbons (Fsp3) is 0.538. The SMILES string of the molecule is O=c1[nH]c(=O)n(C2CCC(COS)O2)cc1C#CC[Se]C(Br)(Br)Br. The molecule has 132 valence electrons. The third kappa shape index (κ3) is 6.32. The molecule has 1 aliphatic heterocycles. The normalized spacial score (nSPS) is 20.7. The fourth-order valence-corrected chi connectivity index (χ4v) is 4.73. The molecule has 2 unspecified atom stereocenters. The predicted molar refractivity (Wildman–Crippen MR) is 106 cm³/mol. The Morgan fingerprint density at radius 3 is 2.88 bits per heavy atom. The zero-order chi connectivity index (χ0) is 17.7. The van der Waals surface area contributed by atoms with Crippen LogP contribution in [0, 0.1) is 11.8 Å². The van der Waals surface area contributed by atoms with Gasteiger partial charge in [-0.05, 0) is 0 Å². The van der Waals surface area contributed by atoms with Crippen LogP contribution in [-0.4, -0.2) is 38.3 Å². The van der Waals surface area contributed by atoms with Crippen molar-refractivity contribution in [1.82, 2.24) is 9.55 Å². The number of aromatic nitrogens is 2. The van der Waals surface area contributed by atoms with Crippen LogP contribution < -0.4 is 11.2 Å². The molecule has 0 bridgehead atoms. The Hall–Kier alpha value is 0.469. The number of hydrogen-bond donors (Lipinski definition) is 2. The minimum atomic E-state index is -0.507. The van der Waals surface area contributed by atoms with Gasteiger partial charge in [-0.25, -0.2) is 0 Å². The minimum absolute atomic E-state index is 0.117. The second-order valence-electron chi connectivity index (χ2n) is 4.83. The summed E-state index contributed by atoms with van der Waals surface area (Å²) in [5.41, 5.74) is -0.757. The average Bonchev–Trinajstić information content (AvgIpc) is 2.93. The summed E-state index contributed by atoms with van der Waals surface area (Å²) in [7, 11) is 0. The summed E-state index contributed by atoms with van der Waals surface area (Å²) in [4.78, 5) is 26.2. The molecule has 11 heteroatoms. The van der Waals surface area contributed by atoms with Crippen LogP contribution in [-0.2, 0) is 8.92 Å². The first-order chi connectivity index (χ1) is 11.3. The topological polar surface area (TPSA) is 73.3 Å². The molecular weight excluding hydrogens is 599 g/mol.